The number of carbonyl (C=O) groups is 1. The van der Waals surface area contributed by atoms with Gasteiger partial charge in [-0.1, -0.05) is 19.3 Å². The predicted octanol–water partition coefficient (Wildman–Crippen LogP) is 6.16. The highest BCUT2D eigenvalue weighted by Crippen LogP contribution is 2.41. The van der Waals surface area contributed by atoms with Crippen LogP contribution in [-0.2, 0) is 4.79 Å². The molecule has 0 spiro atoms. The van der Waals surface area contributed by atoms with Gasteiger partial charge in [0.15, 0.2) is 11.6 Å². The maximum absolute atomic E-state index is 14.8. The lowest BCUT2D eigenvalue weighted by Crippen LogP contribution is -2.34. The molecule has 1 fully saturated rings. The number of pyridine rings is 1. The minimum atomic E-state index is -1.10. The predicted molar refractivity (Wildman–Crippen MR) is 141 cm³/mol. The molecular weight excluding hydrogens is 523 g/mol. The zero-order chi connectivity index (χ0) is 28.4. The summed E-state index contributed by atoms with van der Waals surface area (Å²) in [5.41, 5.74) is 0.705. The Labute approximate surface area is 228 Å². The minimum absolute atomic E-state index is 0.100. The van der Waals surface area contributed by atoms with Gasteiger partial charge in [0.25, 0.3) is 0 Å². The zero-order valence-electron chi connectivity index (χ0n) is 21.9. The van der Waals surface area contributed by atoms with E-state index in [4.69, 9.17) is 14.7 Å². The summed E-state index contributed by atoms with van der Waals surface area (Å²) in [6, 6.07) is 9.87. The van der Waals surface area contributed by atoms with Gasteiger partial charge in [0, 0.05) is 18.2 Å². The Bertz CT molecular complexity index is 1630. The number of anilines is 1. The van der Waals surface area contributed by atoms with Crippen molar-refractivity contribution in [3.63, 3.8) is 0 Å². The van der Waals surface area contributed by atoms with Gasteiger partial charge < -0.3 is 19.4 Å². The van der Waals surface area contributed by atoms with E-state index in [2.05, 4.69) is 15.3 Å². The molecule has 1 saturated carbocycles. The third-order valence-electron chi connectivity index (χ3n) is 7.21. The van der Waals surface area contributed by atoms with Crippen LogP contribution in [0.1, 0.15) is 43.7 Å². The summed E-state index contributed by atoms with van der Waals surface area (Å²) in [4.78, 5) is 22.9. The second kappa shape index (κ2) is 11.3. The molecular formula is C29H26F3N5O3. The van der Waals surface area contributed by atoms with E-state index in [0.29, 0.717) is 18.4 Å². The first-order chi connectivity index (χ1) is 19.3. The number of amides is 1. The first kappa shape index (κ1) is 27.0. The van der Waals surface area contributed by atoms with Gasteiger partial charge in [-0.05, 0) is 43.0 Å². The average Bonchev–Trinajstić information content (AvgIpc) is 3.31. The van der Waals surface area contributed by atoms with Crippen LogP contribution in [0.25, 0.3) is 22.4 Å². The van der Waals surface area contributed by atoms with Gasteiger partial charge in [0.05, 0.1) is 48.1 Å². The highest BCUT2D eigenvalue weighted by molar-refractivity contribution is 5.96. The molecule has 1 N–H and O–H groups in total. The van der Waals surface area contributed by atoms with Crippen LogP contribution in [-0.4, -0.2) is 34.7 Å². The van der Waals surface area contributed by atoms with E-state index < -0.39 is 29.4 Å². The van der Waals surface area contributed by atoms with Crippen molar-refractivity contribution in [1.82, 2.24) is 14.5 Å². The van der Waals surface area contributed by atoms with Gasteiger partial charge in [0.2, 0.25) is 17.7 Å². The van der Waals surface area contributed by atoms with E-state index in [0.717, 1.165) is 37.5 Å². The maximum atomic E-state index is 14.8. The Morgan fingerprint density at radius 1 is 1.00 bits per heavy atom. The number of methoxy groups -OCH3 is 2. The highest BCUT2D eigenvalue weighted by Gasteiger charge is 2.36. The number of halogens is 3. The Balaban J connectivity index is 1.72. The fourth-order valence-electron chi connectivity index (χ4n) is 5.31. The Morgan fingerprint density at radius 3 is 2.42 bits per heavy atom. The van der Waals surface area contributed by atoms with E-state index in [-0.39, 0.29) is 45.8 Å². The van der Waals surface area contributed by atoms with Crippen molar-refractivity contribution in [2.45, 2.75) is 38.1 Å². The number of carbonyl (C=O) groups excluding carboxylic acids is 1. The molecule has 11 heteroatoms. The first-order valence-corrected chi connectivity index (χ1v) is 12.8. The van der Waals surface area contributed by atoms with Crippen molar-refractivity contribution in [1.29, 1.82) is 5.26 Å². The van der Waals surface area contributed by atoms with Crippen LogP contribution in [0.3, 0.4) is 0 Å². The molecule has 8 nitrogen and oxygen atoms in total. The van der Waals surface area contributed by atoms with Crippen LogP contribution in [0.15, 0.2) is 42.5 Å². The SMILES string of the molecule is COc1ccc(-c2nc3cc(F)c(F)cc3n2C(C(=O)Nc2ccc(C#N)cc2F)C2CCCCC2)c(OC)n1. The summed E-state index contributed by atoms with van der Waals surface area (Å²) in [6.07, 6.45) is 4.13. The van der Waals surface area contributed by atoms with Crippen molar-refractivity contribution in [3.8, 4) is 29.2 Å². The largest absolute Gasteiger partial charge is 0.481 e. The van der Waals surface area contributed by atoms with Crippen molar-refractivity contribution in [2.75, 3.05) is 19.5 Å². The topological polar surface area (TPSA) is 102 Å². The van der Waals surface area contributed by atoms with Crippen LogP contribution in [0, 0.1) is 34.7 Å². The number of fused-ring (bicyclic) bond motifs is 1. The van der Waals surface area contributed by atoms with Gasteiger partial charge in [-0.15, -0.1) is 0 Å². The summed E-state index contributed by atoms with van der Waals surface area (Å²) in [5.74, 6) is -3.09. The molecule has 2 heterocycles. The molecule has 1 amide bonds. The lowest BCUT2D eigenvalue weighted by Gasteiger charge is -2.32. The van der Waals surface area contributed by atoms with Crippen LogP contribution in [0.2, 0.25) is 0 Å². The van der Waals surface area contributed by atoms with E-state index in [9.17, 15) is 18.0 Å². The molecule has 0 aliphatic heterocycles. The molecule has 2 aromatic carbocycles. The maximum Gasteiger partial charge on any atom is 0.247 e. The normalized spacial score (nSPS) is 14.5. The Kier molecular flexibility index (Phi) is 7.60. The lowest BCUT2D eigenvalue weighted by atomic mass is 9.83. The van der Waals surface area contributed by atoms with Crippen molar-refractivity contribution >= 4 is 22.6 Å². The summed E-state index contributed by atoms with van der Waals surface area (Å²) >= 11 is 0. The zero-order valence-corrected chi connectivity index (χ0v) is 21.9. The van der Waals surface area contributed by atoms with Gasteiger partial charge >= 0.3 is 0 Å². The van der Waals surface area contributed by atoms with Gasteiger partial charge in [-0.2, -0.15) is 10.2 Å². The average molecular weight is 550 g/mol. The number of nitrogens with one attached hydrogen (secondary N) is 1. The van der Waals surface area contributed by atoms with E-state index in [1.165, 1.54) is 26.4 Å². The summed E-state index contributed by atoms with van der Waals surface area (Å²) in [7, 11) is 2.87. The highest BCUT2D eigenvalue weighted by atomic mass is 19.2. The van der Waals surface area contributed by atoms with Gasteiger partial charge in [0.1, 0.15) is 17.7 Å². The minimum Gasteiger partial charge on any atom is -0.481 e. The van der Waals surface area contributed by atoms with Crippen LogP contribution < -0.4 is 14.8 Å². The number of nitriles is 1. The molecule has 1 atom stereocenters. The first-order valence-electron chi connectivity index (χ1n) is 12.8. The van der Waals surface area contributed by atoms with Crippen LogP contribution in [0.5, 0.6) is 11.8 Å². The quantitative estimate of drug-likeness (QED) is 0.296. The molecule has 1 unspecified atom stereocenters. The molecule has 4 aromatic rings. The molecule has 0 bridgehead atoms. The monoisotopic (exact) mass is 549 g/mol. The standard InChI is InChI=1S/C29H26F3N5O3/c1-39-25-11-9-18(29(36-25)40-2)27-34-23-13-19(30)20(31)14-24(23)37(27)26(17-6-4-3-5-7-17)28(38)35-22-10-8-16(15-33)12-21(22)32/h8-14,17,26H,3-7H2,1-2H3,(H,35,38). The van der Waals surface area contributed by atoms with Gasteiger partial charge in [-0.25, -0.2) is 18.2 Å². The number of ether oxygens (including phenoxy) is 2. The van der Waals surface area contributed by atoms with Crippen LogP contribution in [0.4, 0.5) is 18.9 Å². The summed E-state index contributed by atoms with van der Waals surface area (Å²) in [6.45, 7) is 0. The van der Waals surface area contributed by atoms with Crippen molar-refractivity contribution < 1.29 is 27.4 Å². The molecule has 5 rings (SSSR count). The number of imidazole rings is 1. The molecule has 40 heavy (non-hydrogen) atoms. The Morgan fingerprint density at radius 2 is 1.75 bits per heavy atom. The fourth-order valence-corrected chi connectivity index (χ4v) is 5.31. The van der Waals surface area contributed by atoms with Crippen molar-refractivity contribution in [2.24, 2.45) is 5.92 Å². The molecule has 1 aliphatic rings. The third kappa shape index (κ3) is 5.04. The van der Waals surface area contributed by atoms with E-state index in [1.54, 1.807) is 16.7 Å². The molecule has 2 aromatic heterocycles. The summed E-state index contributed by atoms with van der Waals surface area (Å²) < 4.78 is 56.0. The number of hydrogen-bond acceptors (Lipinski definition) is 6. The second-order valence-electron chi connectivity index (χ2n) is 9.61. The number of rotatable bonds is 7. The van der Waals surface area contributed by atoms with E-state index in [1.807, 2.05) is 6.07 Å². The fraction of sp³-hybridized carbons (Fsp3) is 0.310. The Hall–Kier alpha value is -4.59. The van der Waals surface area contributed by atoms with Gasteiger partial charge in [-0.3, -0.25) is 4.79 Å². The molecule has 0 radical (unpaired) electrons. The lowest BCUT2D eigenvalue weighted by molar-refractivity contribution is -0.121. The van der Waals surface area contributed by atoms with Crippen molar-refractivity contribution in [3.05, 3.63) is 65.5 Å². The molecule has 0 saturated heterocycles. The van der Waals surface area contributed by atoms with E-state index >= 15 is 0 Å². The smallest absolute Gasteiger partial charge is 0.247 e. The third-order valence-corrected chi connectivity index (χ3v) is 7.21. The number of hydrogen-bond donors (Lipinski definition) is 1. The molecule has 1 aliphatic carbocycles. The second-order valence-corrected chi connectivity index (χ2v) is 9.61. The summed E-state index contributed by atoms with van der Waals surface area (Å²) in [5, 5.41) is 11.7. The molecule has 206 valence electrons. The number of benzene rings is 2. The number of aromatic nitrogens is 3. The number of nitrogens with zero attached hydrogens (tertiary/aromatic N) is 4. The van der Waals surface area contributed by atoms with Crippen LogP contribution >= 0.6 is 0 Å².